The molecule has 0 aliphatic rings. The van der Waals surface area contributed by atoms with Crippen molar-refractivity contribution < 1.29 is 26.4 Å². The van der Waals surface area contributed by atoms with Gasteiger partial charge in [0.1, 0.15) is 17.5 Å². The van der Waals surface area contributed by atoms with Crippen molar-refractivity contribution in [2.75, 3.05) is 11.9 Å². The van der Waals surface area contributed by atoms with Gasteiger partial charge in [0.25, 0.3) is 0 Å². The number of benzene rings is 2. The number of carbonyl (C=O) groups is 1. The van der Waals surface area contributed by atoms with E-state index < -0.39 is 39.9 Å². The van der Waals surface area contributed by atoms with Gasteiger partial charge in [-0.3, -0.25) is 4.79 Å². The summed E-state index contributed by atoms with van der Waals surface area (Å²) < 4.78 is 65.4. The van der Waals surface area contributed by atoms with Crippen LogP contribution in [-0.4, -0.2) is 20.9 Å². The molecular weight excluding hydrogens is 345 g/mol. The number of hydrogen-bond acceptors (Lipinski definition) is 3. The summed E-state index contributed by atoms with van der Waals surface area (Å²) in [4.78, 5) is 11.5. The van der Waals surface area contributed by atoms with Crippen LogP contribution in [0.25, 0.3) is 0 Å². The van der Waals surface area contributed by atoms with Gasteiger partial charge in [-0.2, -0.15) is 0 Å². The van der Waals surface area contributed by atoms with Crippen molar-refractivity contribution in [2.45, 2.75) is 11.8 Å². The van der Waals surface area contributed by atoms with E-state index in [0.29, 0.717) is 6.07 Å². The van der Waals surface area contributed by atoms with E-state index in [1.807, 2.05) is 4.72 Å². The Bertz CT molecular complexity index is 886. The molecule has 0 aliphatic carbocycles. The molecule has 0 aliphatic heterocycles. The van der Waals surface area contributed by atoms with Crippen molar-refractivity contribution in [2.24, 2.45) is 0 Å². The third-order valence-corrected chi connectivity index (χ3v) is 4.47. The highest BCUT2D eigenvalue weighted by molar-refractivity contribution is 7.89. The third kappa shape index (κ3) is 4.33. The number of sulfonamides is 1. The Kier molecular flexibility index (Phi) is 5.25. The van der Waals surface area contributed by atoms with Crippen LogP contribution in [0.1, 0.15) is 5.56 Å². The van der Waals surface area contributed by atoms with Gasteiger partial charge in [0.05, 0.1) is 17.1 Å². The summed E-state index contributed by atoms with van der Waals surface area (Å²) in [6.45, 7) is 0.730. The van der Waals surface area contributed by atoms with Gasteiger partial charge in [-0.25, -0.2) is 26.3 Å². The molecule has 0 heterocycles. The number of halogens is 3. The number of anilines is 1. The second-order valence-electron chi connectivity index (χ2n) is 4.91. The maximum Gasteiger partial charge on any atom is 0.241 e. The Balaban J connectivity index is 2.03. The number of rotatable bonds is 5. The summed E-state index contributed by atoms with van der Waals surface area (Å²) in [5.74, 6) is -3.19. The monoisotopic (exact) mass is 358 g/mol. The molecule has 128 valence electrons. The Morgan fingerprint density at radius 1 is 1.04 bits per heavy atom. The molecule has 2 rings (SSSR count). The normalized spacial score (nSPS) is 11.3. The minimum Gasteiger partial charge on any atom is -0.322 e. The first-order chi connectivity index (χ1) is 11.2. The van der Waals surface area contributed by atoms with Gasteiger partial charge in [0.15, 0.2) is 0 Å². The largest absolute Gasteiger partial charge is 0.322 e. The minimum absolute atomic E-state index is 0.135. The Morgan fingerprint density at radius 3 is 2.38 bits per heavy atom. The van der Waals surface area contributed by atoms with Gasteiger partial charge in [0.2, 0.25) is 15.9 Å². The molecule has 0 saturated carbocycles. The third-order valence-electron chi connectivity index (χ3n) is 3.07. The lowest BCUT2D eigenvalue weighted by atomic mass is 10.2. The molecule has 9 heteroatoms. The van der Waals surface area contributed by atoms with E-state index in [4.69, 9.17) is 0 Å². The molecule has 1 amide bonds. The Morgan fingerprint density at radius 2 is 1.75 bits per heavy atom. The topological polar surface area (TPSA) is 75.3 Å². The molecule has 24 heavy (non-hydrogen) atoms. The first kappa shape index (κ1) is 18.0. The smallest absolute Gasteiger partial charge is 0.241 e. The summed E-state index contributed by atoms with van der Waals surface area (Å²) in [6.07, 6.45) is 0. The molecule has 2 N–H and O–H groups in total. The lowest BCUT2D eigenvalue weighted by Gasteiger charge is -2.09. The van der Waals surface area contributed by atoms with Crippen molar-refractivity contribution in [1.29, 1.82) is 0 Å². The summed E-state index contributed by atoms with van der Waals surface area (Å²) in [5.41, 5.74) is -0.145. The summed E-state index contributed by atoms with van der Waals surface area (Å²) in [7, 11) is -4.03. The zero-order valence-electron chi connectivity index (χ0n) is 12.4. The zero-order valence-corrected chi connectivity index (χ0v) is 13.3. The van der Waals surface area contributed by atoms with Gasteiger partial charge in [-0.05, 0) is 42.8 Å². The second-order valence-corrected chi connectivity index (χ2v) is 6.67. The first-order valence-corrected chi connectivity index (χ1v) is 8.18. The fraction of sp³-hybridized carbons (Fsp3) is 0.133. The number of aryl methyl sites for hydroxylation is 1. The second kappa shape index (κ2) is 7.02. The van der Waals surface area contributed by atoms with Crippen LogP contribution in [0.3, 0.4) is 0 Å². The lowest BCUT2D eigenvalue weighted by Crippen LogP contribution is -2.33. The van der Waals surface area contributed by atoms with Crippen LogP contribution < -0.4 is 10.0 Å². The average Bonchev–Trinajstić information content (AvgIpc) is 2.51. The Hall–Kier alpha value is -2.39. The van der Waals surface area contributed by atoms with Crippen LogP contribution in [0.5, 0.6) is 0 Å². The number of hydrogen-bond donors (Lipinski definition) is 2. The summed E-state index contributed by atoms with van der Waals surface area (Å²) in [5, 5.41) is 2.11. The minimum atomic E-state index is -4.03. The van der Waals surface area contributed by atoms with E-state index in [1.54, 1.807) is 0 Å². The number of nitrogens with one attached hydrogen (secondary N) is 2. The molecule has 0 atom stereocenters. The molecule has 0 aromatic heterocycles. The van der Waals surface area contributed by atoms with E-state index in [2.05, 4.69) is 5.32 Å². The van der Waals surface area contributed by atoms with Crippen LogP contribution in [0, 0.1) is 24.4 Å². The molecular formula is C15H13F3N2O3S. The summed E-state index contributed by atoms with van der Waals surface area (Å²) >= 11 is 0. The molecule has 0 saturated heterocycles. The van der Waals surface area contributed by atoms with E-state index in [-0.39, 0.29) is 16.1 Å². The zero-order chi connectivity index (χ0) is 17.9. The number of amides is 1. The maximum absolute atomic E-state index is 13.4. The van der Waals surface area contributed by atoms with Gasteiger partial charge in [0, 0.05) is 6.07 Å². The van der Waals surface area contributed by atoms with Gasteiger partial charge in [-0.15, -0.1) is 0 Å². The lowest BCUT2D eigenvalue weighted by molar-refractivity contribution is -0.115. The first-order valence-electron chi connectivity index (χ1n) is 6.70. The SMILES string of the molecule is Cc1cc(S(=O)(=O)NCC(=O)Nc2ccc(F)cc2F)ccc1F. The molecule has 0 unspecified atom stereocenters. The van der Waals surface area contributed by atoms with E-state index in [1.165, 1.54) is 6.92 Å². The summed E-state index contributed by atoms with van der Waals surface area (Å²) in [6, 6.07) is 5.72. The standard InChI is InChI=1S/C15H13F3N2O3S/c1-9-6-11(3-4-12(9)17)24(22,23)19-8-15(21)20-14-5-2-10(16)7-13(14)18/h2-7,19H,8H2,1H3,(H,20,21). The molecule has 0 fully saturated rings. The highest BCUT2D eigenvalue weighted by Crippen LogP contribution is 2.15. The van der Waals surface area contributed by atoms with Crippen LogP contribution in [0.2, 0.25) is 0 Å². The molecule has 2 aromatic carbocycles. The van der Waals surface area contributed by atoms with Crippen LogP contribution >= 0.6 is 0 Å². The molecule has 0 bridgehead atoms. The van der Waals surface area contributed by atoms with Crippen LogP contribution in [0.4, 0.5) is 18.9 Å². The predicted molar refractivity (Wildman–Crippen MR) is 81.3 cm³/mol. The van der Waals surface area contributed by atoms with E-state index in [0.717, 1.165) is 30.3 Å². The van der Waals surface area contributed by atoms with Crippen molar-refractivity contribution in [3.63, 3.8) is 0 Å². The molecule has 5 nitrogen and oxygen atoms in total. The molecule has 2 aromatic rings. The van der Waals surface area contributed by atoms with Crippen LogP contribution in [0.15, 0.2) is 41.3 Å². The van der Waals surface area contributed by atoms with Gasteiger partial charge >= 0.3 is 0 Å². The number of carbonyl (C=O) groups excluding carboxylic acids is 1. The van der Waals surface area contributed by atoms with Gasteiger partial charge in [-0.1, -0.05) is 0 Å². The molecule has 0 radical (unpaired) electrons. The van der Waals surface area contributed by atoms with Crippen molar-refractivity contribution >= 4 is 21.6 Å². The van der Waals surface area contributed by atoms with Crippen LogP contribution in [-0.2, 0) is 14.8 Å². The average molecular weight is 358 g/mol. The van der Waals surface area contributed by atoms with Crippen molar-refractivity contribution in [3.05, 3.63) is 59.4 Å². The van der Waals surface area contributed by atoms with E-state index >= 15 is 0 Å². The molecule has 0 spiro atoms. The Labute approximate surface area is 136 Å². The van der Waals surface area contributed by atoms with E-state index in [9.17, 15) is 26.4 Å². The predicted octanol–water partition coefficient (Wildman–Crippen LogP) is 2.33. The highest BCUT2D eigenvalue weighted by Gasteiger charge is 2.17. The quantitative estimate of drug-likeness (QED) is 0.861. The fourth-order valence-electron chi connectivity index (χ4n) is 1.81. The maximum atomic E-state index is 13.4. The van der Waals surface area contributed by atoms with Gasteiger partial charge < -0.3 is 5.32 Å². The van der Waals surface area contributed by atoms with Crippen molar-refractivity contribution in [1.82, 2.24) is 4.72 Å². The highest BCUT2D eigenvalue weighted by atomic mass is 32.2. The fourth-order valence-corrected chi connectivity index (χ4v) is 2.88. The van der Waals surface area contributed by atoms with Crippen molar-refractivity contribution in [3.8, 4) is 0 Å².